The quantitative estimate of drug-likeness (QED) is 0.172. The number of rotatable bonds is 15. The molecule has 0 atom stereocenters. The molecule has 0 aliphatic carbocycles. The van der Waals surface area contributed by atoms with Crippen molar-refractivity contribution in [2.75, 3.05) is 0 Å². The summed E-state index contributed by atoms with van der Waals surface area (Å²) in [7, 11) is 0. The maximum atomic E-state index is 4.36. The number of allylic oxidation sites excluding steroid dienone is 1. The molecule has 0 aliphatic heterocycles. The fourth-order valence-electron chi connectivity index (χ4n) is 2.20. The van der Waals surface area contributed by atoms with Crippen LogP contribution in [-0.2, 0) is 4.74 Å². The SMILES string of the molecule is C=CCCCCCCCCCCCCCC.C=COC=C. The van der Waals surface area contributed by atoms with E-state index >= 15 is 0 Å². The zero-order chi connectivity index (χ0) is 16.0. The number of hydrogen-bond donors (Lipinski definition) is 0. The molecule has 0 unspecified atom stereocenters. The molecule has 0 N–H and O–H groups in total. The van der Waals surface area contributed by atoms with Crippen molar-refractivity contribution in [1.29, 1.82) is 0 Å². The Hall–Kier alpha value is -0.980. The summed E-state index contributed by atoms with van der Waals surface area (Å²) in [5.41, 5.74) is 0. The minimum Gasteiger partial charge on any atom is -0.474 e. The summed E-state index contributed by atoms with van der Waals surface area (Å²) >= 11 is 0. The topological polar surface area (TPSA) is 9.23 Å². The highest BCUT2D eigenvalue weighted by Gasteiger charge is 1.92. The molecular formula is C20H38O. The third-order valence-electron chi connectivity index (χ3n) is 3.45. The van der Waals surface area contributed by atoms with Gasteiger partial charge in [-0.25, -0.2) is 0 Å². The van der Waals surface area contributed by atoms with Crippen LogP contribution in [0.4, 0.5) is 0 Å². The van der Waals surface area contributed by atoms with Crippen LogP contribution in [0.5, 0.6) is 0 Å². The van der Waals surface area contributed by atoms with Crippen molar-refractivity contribution in [2.45, 2.75) is 90.4 Å². The first-order valence-electron chi connectivity index (χ1n) is 8.81. The second kappa shape index (κ2) is 24.1. The van der Waals surface area contributed by atoms with E-state index in [0.717, 1.165) is 0 Å². The molecule has 0 aromatic carbocycles. The van der Waals surface area contributed by atoms with Crippen LogP contribution in [0.25, 0.3) is 0 Å². The van der Waals surface area contributed by atoms with Crippen molar-refractivity contribution in [3.8, 4) is 0 Å². The van der Waals surface area contributed by atoms with Crippen LogP contribution >= 0.6 is 0 Å². The van der Waals surface area contributed by atoms with Gasteiger partial charge in [0.15, 0.2) is 0 Å². The first-order chi connectivity index (χ1) is 10.3. The monoisotopic (exact) mass is 294 g/mol. The predicted octanol–water partition coefficient (Wildman–Crippen LogP) is 7.55. The summed E-state index contributed by atoms with van der Waals surface area (Å²) in [5.74, 6) is 0. The summed E-state index contributed by atoms with van der Waals surface area (Å²) in [4.78, 5) is 0. The summed E-state index contributed by atoms with van der Waals surface area (Å²) < 4.78 is 4.36. The van der Waals surface area contributed by atoms with Crippen molar-refractivity contribution < 1.29 is 4.74 Å². The highest BCUT2D eigenvalue weighted by atomic mass is 16.5. The van der Waals surface area contributed by atoms with Gasteiger partial charge < -0.3 is 4.74 Å². The number of hydrogen-bond acceptors (Lipinski definition) is 1. The Morgan fingerprint density at radius 2 is 1.00 bits per heavy atom. The summed E-state index contributed by atoms with van der Waals surface area (Å²) in [6.45, 7) is 12.5. The molecule has 0 aliphatic rings. The van der Waals surface area contributed by atoms with E-state index in [2.05, 4.69) is 31.4 Å². The molecule has 0 aromatic heterocycles. The van der Waals surface area contributed by atoms with E-state index in [4.69, 9.17) is 0 Å². The minimum atomic E-state index is 1.21. The van der Waals surface area contributed by atoms with E-state index in [9.17, 15) is 0 Å². The van der Waals surface area contributed by atoms with E-state index in [1.807, 2.05) is 6.08 Å². The van der Waals surface area contributed by atoms with Gasteiger partial charge in [0.05, 0.1) is 12.5 Å². The molecule has 0 spiro atoms. The summed E-state index contributed by atoms with van der Waals surface area (Å²) in [6.07, 6.45) is 23.1. The lowest BCUT2D eigenvalue weighted by Crippen LogP contribution is -1.82. The van der Waals surface area contributed by atoms with Crippen molar-refractivity contribution in [2.24, 2.45) is 0 Å². The predicted molar refractivity (Wildman–Crippen MR) is 97.4 cm³/mol. The van der Waals surface area contributed by atoms with Gasteiger partial charge in [-0.15, -0.1) is 6.58 Å². The van der Waals surface area contributed by atoms with Gasteiger partial charge in [0.1, 0.15) is 0 Å². The van der Waals surface area contributed by atoms with Crippen molar-refractivity contribution in [3.63, 3.8) is 0 Å². The first-order valence-corrected chi connectivity index (χ1v) is 8.81. The average Bonchev–Trinajstić information content (AvgIpc) is 2.50. The van der Waals surface area contributed by atoms with Crippen LogP contribution in [0.15, 0.2) is 38.3 Å². The van der Waals surface area contributed by atoms with Gasteiger partial charge >= 0.3 is 0 Å². The molecule has 0 aromatic rings. The zero-order valence-electron chi connectivity index (χ0n) is 14.5. The fourth-order valence-corrected chi connectivity index (χ4v) is 2.20. The van der Waals surface area contributed by atoms with Gasteiger partial charge in [-0.3, -0.25) is 0 Å². The van der Waals surface area contributed by atoms with Crippen LogP contribution in [-0.4, -0.2) is 0 Å². The highest BCUT2D eigenvalue weighted by molar-refractivity contribution is 4.65. The molecule has 0 heterocycles. The fraction of sp³-hybridized carbons (Fsp3) is 0.700. The molecule has 21 heavy (non-hydrogen) atoms. The largest absolute Gasteiger partial charge is 0.474 e. The van der Waals surface area contributed by atoms with Gasteiger partial charge in [-0.2, -0.15) is 0 Å². The molecule has 0 radical (unpaired) electrons. The zero-order valence-corrected chi connectivity index (χ0v) is 14.5. The molecule has 0 saturated carbocycles. The summed E-state index contributed by atoms with van der Waals surface area (Å²) in [5, 5.41) is 0. The molecule has 124 valence electrons. The van der Waals surface area contributed by atoms with Crippen LogP contribution in [0.2, 0.25) is 0 Å². The lowest BCUT2D eigenvalue weighted by molar-refractivity contribution is 0.406. The number of ether oxygens (including phenoxy) is 1. The molecule has 0 rings (SSSR count). The molecular weight excluding hydrogens is 256 g/mol. The van der Waals surface area contributed by atoms with Crippen LogP contribution in [0, 0.1) is 0 Å². The lowest BCUT2D eigenvalue weighted by atomic mass is 10.0. The van der Waals surface area contributed by atoms with Crippen molar-refractivity contribution in [1.82, 2.24) is 0 Å². The van der Waals surface area contributed by atoms with E-state index in [1.54, 1.807) is 0 Å². The molecule has 1 heteroatoms. The van der Waals surface area contributed by atoms with E-state index in [-0.39, 0.29) is 0 Å². The highest BCUT2D eigenvalue weighted by Crippen LogP contribution is 2.12. The molecule has 1 nitrogen and oxygen atoms in total. The number of unbranched alkanes of at least 4 members (excludes halogenated alkanes) is 12. The standard InChI is InChI=1S/C16H32.C4H6O/c1-3-5-7-9-11-13-15-16-14-12-10-8-6-4-2;1-3-5-4-2/h3H,1,4-16H2,2H3;3-4H,1-2H2. The third-order valence-corrected chi connectivity index (χ3v) is 3.45. The molecule has 0 amide bonds. The van der Waals surface area contributed by atoms with Crippen molar-refractivity contribution >= 4 is 0 Å². The Labute approximate surface area is 134 Å². The van der Waals surface area contributed by atoms with E-state index in [0.29, 0.717) is 0 Å². The van der Waals surface area contributed by atoms with E-state index in [1.165, 1.54) is 96.0 Å². The molecule has 0 fully saturated rings. The Morgan fingerprint density at radius 3 is 1.29 bits per heavy atom. The smallest absolute Gasteiger partial charge is 0.0829 e. The Kier molecular flexibility index (Phi) is 25.6. The van der Waals surface area contributed by atoms with Gasteiger partial charge in [0.25, 0.3) is 0 Å². The molecule has 0 bridgehead atoms. The Morgan fingerprint density at radius 1 is 0.619 bits per heavy atom. The van der Waals surface area contributed by atoms with E-state index < -0.39 is 0 Å². The van der Waals surface area contributed by atoms with Crippen LogP contribution < -0.4 is 0 Å². The second-order valence-corrected chi connectivity index (χ2v) is 5.44. The van der Waals surface area contributed by atoms with Crippen LogP contribution in [0.3, 0.4) is 0 Å². The van der Waals surface area contributed by atoms with Gasteiger partial charge in [0.2, 0.25) is 0 Å². The van der Waals surface area contributed by atoms with Crippen molar-refractivity contribution in [3.05, 3.63) is 38.3 Å². The normalized spacial score (nSPS) is 9.38. The Balaban J connectivity index is 0. The first kappa shape index (κ1) is 22.3. The maximum absolute atomic E-state index is 4.36. The lowest BCUT2D eigenvalue weighted by Gasteiger charge is -2.02. The third kappa shape index (κ3) is 28.0. The Bertz CT molecular complexity index is 202. The van der Waals surface area contributed by atoms with Crippen LogP contribution in [0.1, 0.15) is 90.4 Å². The summed E-state index contributed by atoms with van der Waals surface area (Å²) in [6, 6.07) is 0. The second-order valence-electron chi connectivity index (χ2n) is 5.44. The van der Waals surface area contributed by atoms with Gasteiger partial charge in [-0.05, 0) is 12.8 Å². The average molecular weight is 295 g/mol. The maximum Gasteiger partial charge on any atom is 0.0829 e. The molecule has 0 saturated heterocycles. The minimum absolute atomic E-state index is 1.21. The van der Waals surface area contributed by atoms with Gasteiger partial charge in [0, 0.05) is 0 Å². The van der Waals surface area contributed by atoms with Gasteiger partial charge in [-0.1, -0.05) is 96.8 Å².